The maximum atomic E-state index is 9.32. The van der Waals surface area contributed by atoms with E-state index in [1.165, 1.54) is 12.8 Å². The molecule has 164 valence electrons. The number of piperidine rings is 1. The normalized spacial score (nSPS) is 16.9. The van der Waals surface area contributed by atoms with Gasteiger partial charge >= 0.3 is 0 Å². The SMILES string of the molecule is CCNC(=NCc1ccc(N2CCC(C)CC2)nc1)NCC(CCO)CC(C)C. The molecule has 0 radical (unpaired) electrons. The van der Waals surface area contributed by atoms with Gasteiger partial charge < -0.3 is 20.6 Å². The number of hydrogen-bond acceptors (Lipinski definition) is 4. The quantitative estimate of drug-likeness (QED) is 0.412. The number of anilines is 1. The summed E-state index contributed by atoms with van der Waals surface area (Å²) in [7, 11) is 0. The first-order chi connectivity index (χ1) is 14.0. The maximum Gasteiger partial charge on any atom is 0.191 e. The van der Waals surface area contributed by atoms with E-state index in [0.29, 0.717) is 18.4 Å². The molecule has 1 atom stereocenters. The van der Waals surface area contributed by atoms with E-state index in [1.807, 2.05) is 6.20 Å². The number of rotatable bonds is 10. The zero-order valence-corrected chi connectivity index (χ0v) is 18.8. The fourth-order valence-electron chi connectivity index (χ4n) is 3.84. The molecule has 1 fully saturated rings. The molecule has 6 heteroatoms. The highest BCUT2D eigenvalue weighted by atomic mass is 16.3. The van der Waals surface area contributed by atoms with Gasteiger partial charge in [-0.2, -0.15) is 0 Å². The van der Waals surface area contributed by atoms with Crippen molar-refractivity contribution in [2.45, 2.75) is 59.9 Å². The van der Waals surface area contributed by atoms with Gasteiger partial charge in [0.2, 0.25) is 0 Å². The third kappa shape index (κ3) is 8.60. The Morgan fingerprint density at radius 3 is 2.62 bits per heavy atom. The topological polar surface area (TPSA) is 72.8 Å². The standard InChI is InChI=1S/C23H41N5O/c1-5-24-23(26-15-20(10-13-29)14-18(2)3)27-17-21-6-7-22(25-16-21)28-11-8-19(4)9-12-28/h6-7,16,18-20,29H,5,8-15,17H2,1-4H3,(H2,24,26,27). The highest BCUT2D eigenvalue weighted by Gasteiger charge is 2.16. The Morgan fingerprint density at radius 2 is 2.03 bits per heavy atom. The summed E-state index contributed by atoms with van der Waals surface area (Å²) >= 11 is 0. The van der Waals surface area contributed by atoms with Crippen LogP contribution in [0.4, 0.5) is 5.82 Å². The molecule has 1 unspecified atom stereocenters. The van der Waals surface area contributed by atoms with Crippen LogP contribution in [-0.2, 0) is 6.54 Å². The van der Waals surface area contributed by atoms with Crippen LogP contribution in [0.25, 0.3) is 0 Å². The molecule has 2 heterocycles. The van der Waals surface area contributed by atoms with Gasteiger partial charge in [0.1, 0.15) is 5.82 Å². The lowest BCUT2D eigenvalue weighted by Gasteiger charge is -2.31. The molecular formula is C23H41N5O. The molecule has 3 N–H and O–H groups in total. The van der Waals surface area contributed by atoms with Crippen LogP contribution in [0.1, 0.15) is 58.9 Å². The molecule has 0 aliphatic carbocycles. The third-order valence-corrected chi connectivity index (χ3v) is 5.58. The molecule has 1 aromatic heterocycles. The van der Waals surface area contributed by atoms with Gasteiger partial charge in [0.15, 0.2) is 5.96 Å². The molecule has 1 aliphatic rings. The predicted molar refractivity (Wildman–Crippen MR) is 122 cm³/mol. The lowest BCUT2D eigenvalue weighted by molar-refractivity contribution is 0.243. The van der Waals surface area contributed by atoms with Gasteiger partial charge in [-0.05, 0) is 62.0 Å². The predicted octanol–water partition coefficient (Wildman–Crippen LogP) is 3.42. The van der Waals surface area contributed by atoms with Gasteiger partial charge in [0.25, 0.3) is 0 Å². The summed E-state index contributed by atoms with van der Waals surface area (Å²) in [5, 5.41) is 16.1. The molecule has 6 nitrogen and oxygen atoms in total. The number of guanidine groups is 1. The number of aliphatic hydroxyl groups is 1. The minimum Gasteiger partial charge on any atom is -0.396 e. The number of aromatic nitrogens is 1. The number of pyridine rings is 1. The summed E-state index contributed by atoms with van der Waals surface area (Å²) in [5.41, 5.74) is 1.12. The molecule has 1 saturated heterocycles. The fraction of sp³-hybridized carbons (Fsp3) is 0.739. The van der Waals surface area contributed by atoms with Gasteiger partial charge in [-0.25, -0.2) is 9.98 Å². The van der Waals surface area contributed by atoms with Crippen LogP contribution in [0.15, 0.2) is 23.3 Å². The molecule has 0 bridgehead atoms. The first-order valence-electron chi connectivity index (χ1n) is 11.3. The number of aliphatic hydroxyl groups excluding tert-OH is 1. The molecule has 1 aromatic rings. The van der Waals surface area contributed by atoms with Crippen molar-refractivity contribution in [3.63, 3.8) is 0 Å². The highest BCUT2D eigenvalue weighted by molar-refractivity contribution is 5.79. The lowest BCUT2D eigenvalue weighted by Crippen LogP contribution is -2.40. The average molecular weight is 404 g/mol. The van der Waals surface area contributed by atoms with Crippen molar-refractivity contribution in [1.29, 1.82) is 0 Å². The Labute approximate surface area is 177 Å². The van der Waals surface area contributed by atoms with Crippen LogP contribution in [0.5, 0.6) is 0 Å². The van der Waals surface area contributed by atoms with E-state index in [1.54, 1.807) is 0 Å². The van der Waals surface area contributed by atoms with Gasteiger partial charge in [-0.15, -0.1) is 0 Å². The third-order valence-electron chi connectivity index (χ3n) is 5.58. The summed E-state index contributed by atoms with van der Waals surface area (Å²) in [6, 6.07) is 4.27. The Morgan fingerprint density at radius 1 is 1.28 bits per heavy atom. The number of hydrogen-bond donors (Lipinski definition) is 3. The van der Waals surface area contributed by atoms with Gasteiger partial charge in [-0.3, -0.25) is 0 Å². The van der Waals surface area contributed by atoms with Crippen molar-refractivity contribution >= 4 is 11.8 Å². The minimum atomic E-state index is 0.237. The minimum absolute atomic E-state index is 0.237. The van der Waals surface area contributed by atoms with Crippen molar-refractivity contribution in [3.05, 3.63) is 23.9 Å². The largest absolute Gasteiger partial charge is 0.396 e. The molecule has 0 amide bonds. The van der Waals surface area contributed by atoms with E-state index in [0.717, 1.165) is 62.3 Å². The van der Waals surface area contributed by atoms with Crippen molar-refractivity contribution < 1.29 is 5.11 Å². The number of aliphatic imine (C=N–C) groups is 1. The Kier molecular flexibility index (Phi) is 10.3. The summed E-state index contributed by atoms with van der Waals surface area (Å²) in [6.07, 6.45) is 6.38. The second-order valence-electron chi connectivity index (χ2n) is 8.78. The van der Waals surface area contributed by atoms with Gasteiger partial charge in [-0.1, -0.05) is 26.8 Å². The summed E-state index contributed by atoms with van der Waals surface area (Å²) in [5.74, 6) is 3.82. The van der Waals surface area contributed by atoms with E-state index in [4.69, 9.17) is 4.99 Å². The number of nitrogens with one attached hydrogen (secondary N) is 2. The fourth-order valence-corrected chi connectivity index (χ4v) is 3.84. The van der Waals surface area contributed by atoms with E-state index in [9.17, 15) is 5.11 Å². The number of nitrogens with zero attached hydrogens (tertiary/aromatic N) is 3. The van der Waals surface area contributed by atoms with E-state index in [-0.39, 0.29) is 6.61 Å². The zero-order valence-electron chi connectivity index (χ0n) is 18.8. The molecule has 0 spiro atoms. The van der Waals surface area contributed by atoms with E-state index >= 15 is 0 Å². The van der Waals surface area contributed by atoms with Crippen LogP contribution < -0.4 is 15.5 Å². The Hall–Kier alpha value is -1.82. The van der Waals surface area contributed by atoms with Crippen molar-refractivity contribution in [2.75, 3.05) is 37.7 Å². The monoisotopic (exact) mass is 403 g/mol. The highest BCUT2D eigenvalue weighted by Crippen LogP contribution is 2.21. The van der Waals surface area contributed by atoms with Crippen molar-refractivity contribution in [1.82, 2.24) is 15.6 Å². The molecule has 1 aliphatic heterocycles. The second-order valence-corrected chi connectivity index (χ2v) is 8.78. The summed E-state index contributed by atoms with van der Waals surface area (Å²) in [6.45, 7) is 13.6. The Bertz CT molecular complexity index is 594. The molecule has 0 saturated carbocycles. The van der Waals surface area contributed by atoms with Crippen molar-refractivity contribution in [3.8, 4) is 0 Å². The van der Waals surface area contributed by atoms with Gasteiger partial charge in [0.05, 0.1) is 6.54 Å². The molecule has 2 rings (SSSR count). The molecule has 29 heavy (non-hydrogen) atoms. The molecule has 0 aromatic carbocycles. The van der Waals surface area contributed by atoms with E-state index in [2.05, 4.69) is 60.3 Å². The van der Waals surface area contributed by atoms with Crippen LogP contribution >= 0.6 is 0 Å². The summed E-state index contributed by atoms with van der Waals surface area (Å²) < 4.78 is 0. The van der Waals surface area contributed by atoms with E-state index < -0.39 is 0 Å². The maximum absolute atomic E-state index is 9.32. The van der Waals surface area contributed by atoms with Crippen LogP contribution in [-0.4, -0.2) is 48.8 Å². The lowest BCUT2D eigenvalue weighted by atomic mass is 9.94. The first kappa shape index (κ1) is 23.5. The average Bonchev–Trinajstić information content (AvgIpc) is 2.71. The van der Waals surface area contributed by atoms with Crippen molar-refractivity contribution in [2.24, 2.45) is 22.7 Å². The first-order valence-corrected chi connectivity index (χ1v) is 11.3. The zero-order chi connectivity index (χ0) is 21.1. The molecular weight excluding hydrogens is 362 g/mol. The van der Waals surface area contributed by atoms with Crippen LogP contribution in [0.2, 0.25) is 0 Å². The Balaban J connectivity index is 1.89. The second kappa shape index (κ2) is 12.7. The summed E-state index contributed by atoms with van der Waals surface area (Å²) in [4.78, 5) is 11.8. The van der Waals surface area contributed by atoms with Crippen LogP contribution in [0.3, 0.4) is 0 Å². The van der Waals surface area contributed by atoms with Crippen LogP contribution in [0, 0.1) is 17.8 Å². The van der Waals surface area contributed by atoms with Gasteiger partial charge in [0, 0.05) is 39.0 Å². The smallest absolute Gasteiger partial charge is 0.191 e.